The van der Waals surface area contributed by atoms with Crippen molar-refractivity contribution in [2.24, 2.45) is 0 Å². The standard InChI is InChI=1S/C9Br4F6/c10-7(11)1-2(8(12,13)9(7,18)19)4(15)6(17)5(16)3(1)14. The maximum atomic E-state index is 14.2. The summed E-state index contributed by atoms with van der Waals surface area (Å²) in [7, 11) is 0. The first-order chi connectivity index (χ1) is 8.39. The lowest BCUT2D eigenvalue weighted by Crippen LogP contribution is -2.40. The molecule has 0 unspecified atom stereocenters. The summed E-state index contributed by atoms with van der Waals surface area (Å²) in [5, 5.41) is 0. The van der Waals surface area contributed by atoms with Gasteiger partial charge in [-0.2, -0.15) is 0 Å². The van der Waals surface area contributed by atoms with E-state index in [0.29, 0.717) is 0 Å². The zero-order chi connectivity index (χ0) is 15.0. The fourth-order valence-electron chi connectivity index (χ4n) is 1.73. The Balaban J connectivity index is 3.02. The van der Waals surface area contributed by atoms with Gasteiger partial charge in [0.15, 0.2) is 29.7 Å². The Kier molecular flexibility index (Phi) is 3.69. The predicted octanol–water partition coefficient (Wildman–Crippen LogP) is 5.78. The Hall–Kier alpha value is 0.720. The van der Waals surface area contributed by atoms with Gasteiger partial charge in [-0.05, 0) is 0 Å². The Labute approximate surface area is 136 Å². The van der Waals surface area contributed by atoms with Gasteiger partial charge in [0.2, 0.25) is 0 Å². The molecule has 0 heterocycles. The molecular weight excluding hydrogens is 542 g/mol. The second-order valence-electron chi connectivity index (χ2n) is 3.73. The van der Waals surface area contributed by atoms with Crippen LogP contribution in [0.15, 0.2) is 0 Å². The monoisotopic (exact) mass is 538 g/mol. The maximum Gasteiger partial charge on any atom is 0.305 e. The summed E-state index contributed by atoms with van der Waals surface area (Å²) in [6.07, 6.45) is 0. The summed E-state index contributed by atoms with van der Waals surface area (Å²) in [6, 6.07) is 0. The van der Waals surface area contributed by atoms with Gasteiger partial charge in [-0.25, -0.2) is 26.3 Å². The van der Waals surface area contributed by atoms with Crippen molar-refractivity contribution in [2.75, 3.05) is 0 Å². The van der Waals surface area contributed by atoms with E-state index in [-0.39, 0.29) is 0 Å². The molecule has 0 radical (unpaired) electrons. The molecule has 1 aromatic rings. The quantitative estimate of drug-likeness (QED) is 0.169. The summed E-state index contributed by atoms with van der Waals surface area (Å²) in [6.45, 7) is 0. The van der Waals surface area contributed by atoms with Crippen LogP contribution in [0.3, 0.4) is 0 Å². The Morgan fingerprint density at radius 3 is 1.11 bits per heavy atom. The predicted molar refractivity (Wildman–Crippen MR) is 70.3 cm³/mol. The average Bonchev–Trinajstić information content (AvgIpc) is 2.39. The van der Waals surface area contributed by atoms with E-state index in [2.05, 4.69) is 63.7 Å². The molecule has 19 heavy (non-hydrogen) atoms. The molecule has 10 heteroatoms. The second-order valence-corrected chi connectivity index (χ2v) is 10.6. The largest absolute Gasteiger partial charge is 0.305 e. The van der Waals surface area contributed by atoms with Crippen LogP contribution in [0.1, 0.15) is 11.1 Å². The molecule has 0 aliphatic heterocycles. The number of alkyl halides is 6. The molecule has 0 atom stereocenters. The highest BCUT2D eigenvalue weighted by molar-refractivity contribution is 9.26. The molecule has 0 saturated heterocycles. The number of fused-ring (bicyclic) bond motifs is 1. The Morgan fingerprint density at radius 1 is 0.579 bits per heavy atom. The molecule has 0 fully saturated rings. The van der Waals surface area contributed by atoms with Crippen molar-refractivity contribution in [2.45, 2.75) is 12.4 Å². The summed E-state index contributed by atoms with van der Waals surface area (Å²) < 4.78 is 76.9. The number of rotatable bonds is 0. The molecule has 1 aliphatic carbocycles. The molecule has 106 valence electrons. The number of hydrogen-bond acceptors (Lipinski definition) is 0. The fraction of sp³-hybridized carbons (Fsp3) is 0.333. The number of benzene rings is 1. The Bertz CT molecular complexity index is 534. The van der Waals surface area contributed by atoms with E-state index in [0.717, 1.165) is 0 Å². The highest BCUT2D eigenvalue weighted by Gasteiger charge is 2.73. The van der Waals surface area contributed by atoms with E-state index in [1.54, 1.807) is 0 Å². The van der Waals surface area contributed by atoms with E-state index >= 15 is 0 Å². The molecule has 0 bridgehead atoms. The second kappa shape index (κ2) is 4.36. The van der Waals surface area contributed by atoms with Crippen LogP contribution in [0.25, 0.3) is 0 Å². The van der Waals surface area contributed by atoms with Gasteiger partial charge in [-0.1, -0.05) is 63.7 Å². The van der Waals surface area contributed by atoms with Crippen LogP contribution in [0.5, 0.6) is 0 Å². The van der Waals surface area contributed by atoms with Gasteiger partial charge in [-0.15, -0.1) is 0 Å². The average molecular weight is 542 g/mol. The Morgan fingerprint density at radius 2 is 0.842 bits per heavy atom. The summed E-state index contributed by atoms with van der Waals surface area (Å²) in [5.41, 5.74) is -2.11. The lowest BCUT2D eigenvalue weighted by Gasteiger charge is -2.29. The van der Waals surface area contributed by atoms with Crippen LogP contribution in [0, 0.1) is 23.3 Å². The lowest BCUT2D eigenvalue weighted by atomic mass is 10.1. The molecule has 0 saturated carbocycles. The van der Waals surface area contributed by atoms with Gasteiger partial charge in [0.1, 0.15) is 0 Å². The summed E-state index contributed by atoms with van der Waals surface area (Å²) in [5.74, 6) is -12.0. The van der Waals surface area contributed by atoms with Crippen molar-refractivity contribution < 1.29 is 26.3 Å². The number of halogens is 10. The third-order valence-electron chi connectivity index (χ3n) is 2.68. The molecule has 0 spiro atoms. The lowest BCUT2D eigenvalue weighted by molar-refractivity contribution is -0.00662. The van der Waals surface area contributed by atoms with Crippen molar-refractivity contribution in [1.82, 2.24) is 0 Å². The molecule has 0 amide bonds. The fourth-order valence-corrected chi connectivity index (χ4v) is 5.48. The minimum absolute atomic E-state index is 1.05. The minimum Gasteiger partial charge on any atom is -0.203 e. The van der Waals surface area contributed by atoms with Crippen LogP contribution >= 0.6 is 63.7 Å². The minimum atomic E-state index is -3.88. The smallest absolute Gasteiger partial charge is 0.203 e. The third kappa shape index (κ3) is 1.75. The van der Waals surface area contributed by atoms with E-state index in [4.69, 9.17) is 0 Å². The first-order valence-electron chi connectivity index (χ1n) is 4.39. The van der Waals surface area contributed by atoms with Gasteiger partial charge in [0, 0.05) is 11.1 Å². The maximum absolute atomic E-state index is 14.2. The zero-order valence-corrected chi connectivity index (χ0v) is 14.6. The van der Waals surface area contributed by atoms with E-state index in [9.17, 15) is 26.3 Å². The van der Waals surface area contributed by atoms with Crippen molar-refractivity contribution in [1.29, 1.82) is 0 Å². The van der Waals surface area contributed by atoms with Crippen molar-refractivity contribution in [3.63, 3.8) is 0 Å². The van der Waals surface area contributed by atoms with Gasteiger partial charge < -0.3 is 0 Å². The summed E-state index contributed by atoms with van der Waals surface area (Å²) in [4.78, 5) is 0. The van der Waals surface area contributed by atoms with Gasteiger partial charge in [-0.3, -0.25) is 0 Å². The van der Waals surface area contributed by atoms with Gasteiger partial charge in [0.25, 0.3) is 0 Å². The molecule has 0 aromatic heterocycles. The SMILES string of the molecule is Fc1c(F)c(F)c2c(c1F)C(Br)(Br)C(F)(F)C2(Br)Br. The van der Waals surface area contributed by atoms with E-state index in [1.165, 1.54) is 0 Å². The zero-order valence-electron chi connectivity index (χ0n) is 8.28. The van der Waals surface area contributed by atoms with Crippen LogP contribution in [-0.4, -0.2) is 5.92 Å². The normalized spacial score (nSPS) is 22.4. The summed E-state index contributed by atoms with van der Waals surface area (Å²) >= 11 is 9.97. The van der Waals surface area contributed by atoms with Crippen LogP contribution in [0.4, 0.5) is 26.3 Å². The van der Waals surface area contributed by atoms with Crippen LogP contribution in [-0.2, 0) is 6.47 Å². The number of hydrogen-bond donors (Lipinski definition) is 0. The highest BCUT2D eigenvalue weighted by Crippen LogP contribution is 2.71. The highest BCUT2D eigenvalue weighted by atomic mass is 79.9. The van der Waals surface area contributed by atoms with Crippen molar-refractivity contribution in [3.05, 3.63) is 34.4 Å². The van der Waals surface area contributed by atoms with Crippen molar-refractivity contribution >= 4 is 63.7 Å². The van der Waals surface area contributed by atoms with Crippen molar-refractivity contribution in [3.8, 4) is 0 Å². The first-order valence-corrected chi connectivity index (χ1v) is 7.56. The molecular formula is C9Br4F6. The van der Waals surface area contributed by atoms with Gasteiger partial charge in [0.05, 0.1) is 0 Å². The molecule has 2 rings (SSSR count). The third-order valence-corrected chi connectivity index (χ3v) is 6.26. The molecule has 1 aliphatic rings. The molecule has 0 N–H and O–H groups in total. The molecule has 0 nitrogen and oxygen atoms in total. The van der Waals surface area contributed by atoms with E-state index < -0.39 is 46.8 Å². The topological polar surface area (TPSA) is 0 Å². The van der Waals surface area contributed by atoms with Gasteiger partial charge >= 0.3 is 5.92 Å². The van der Waals surface area contributed by atoms with Crippen LogP contribution < -0.4 is 0 Å². The molecule has 1 aromatic carbocycles. The van der Waals surface area contributed by atoms with Crippen LogP contribution in [0.2, 0.25) is 0 Å². The van der Waals surface area contributed by atoms with E-state index in [1.807, 2.05) is 0 Å². The first kappa shape index (κ1) is 16.1.